The van der Waals surface area contributed by atoms with Gasteiger partial charge in [0.25, 0.3) is 0 Å². The maximum absolute atomic E-state index is 11.2. The van der Waals surface area contributed by atoms with Gasteiger partial charge in [-0.15, -0.1) is 0 Å². The zero-order valence-electron chi connectivity index (χ0n) is 13.3. The lowest BCUT2D eigenvalue weighted by molar-refractivity contribution is 0.1000. The first-order chi connectivity index (χ1) is 11.1. The van der Waals surface area contributed by atoms with Gasteiger partial charge in [0.2, 0.25) is 5.91 Å². The fraction of sp³-hybridized carbons (Fsp3) is 0.222. The fourth-order valence-corrected chi connectivity index (χ4v) is 2.17. The molecule has 0 saturated heterocycles. The number of rotatable bonds is 6. The Hall–Kier alpha value is -2.82. The van der Waals surface area contributed by atoms with Gasteiger partial charge in [0.1, 0.15) is 0 Å². The maximum atomic E-state index is 11.2. The smallest absolute Gasteiger partial charge is 0.248 e. The molecule has 0 aliphatic carbocycles. The van der Waals surface area contributed by atoms with Gasteiger partial charge in [-0.2, -0.15) is 0 Å². The highest BCUT2D eigenvalue weighted by Gasteiger charge is 2.04. The Bertz CT molecular complexity index is 682. The van der Waals surface area contributed by atoms with E-state index in [1.807, 2.05) is 36.2 Å². The molecule has 0 saturated carbocycles. The summed E-state index contributed by atoms with van der Waals surface area (Å²) in [6, 6.07) is 17.4. The molecule has 0 heterocycles. The van der Waals surface area contributed by atoms with Crippen LogP contribution in [-0.4, -0.2) is 30.4 Å². The molecule has 0 atom stereocenters. The number of benzene rings is 2. The molecule has 0 bridgehead atoms. The average molecular weight is 310 g/mol. The average Bonchev–Trinajstić information content (AvgIpc) is 2.58. The zero-order chi connectivity index (χ0) is 16.7. The fourth-order valence-electron chi connectivity index (χ4n) is 2.17. The van der Waals surface area contributed by atoms with Crippen LogP contribution in [-0.2, 0) is 13.0 Å². The molecule has 5 nitrogen and oxygen atoms in total. The largest absolute Gasteiger partial charge is 0.370 e. The molecule has 2 aromatic carbocycles. The van der Waals surface area contributed by atoms with Crippen LogP contribution in [0.25, 0.3) is 0 Å². The van der Waals surface area contributed by atoms with Crippen LogP contribution < -0.4 is 11.5 Å². The van der Waals surface area contributed by atoms with Crippen molar-refractivity contribution in [3.8, 4) is 0 Å². The second-order valence-electron chi connectivity index (χ2n) is 5.40. The highest BCUT2D eigenvalue weighted by atomic mass is 16.1. The lowest BCUT2D eigenvalue weighted by Gasteiger charge is -2.18. The number of guanidine groups is 1. The van der Waals surface area contributed by atoms with Gasteiger partial charge in [-0.05, 0) is 29.7 Å². The molecule has 1 amide bonds. The standard InChI is InChI=1S/C18H22N4O/c1-22(11-10-14-6-3-2-4-7-14)18(20)21-13-15-8-5-9-16(12-15)17(19)23/h2-9,12H,10-11,13H2,1H3,(H2,19,23)(H2,20,21). The van der Waals surface area contributed by atoms with Gasteiger partial charge in [-0.3, -0.25) is 4.79 Å². The van der Waals surface area contributed by atoms with Gasteiger partial charge in [0.15, 0.2) is 5.96 Å². The summed E-state index contributed by atoms with van der Waals surface area (Å²) >= 11 is 0. The summed E-state index contributed by atoms with van der Waals surface area (Å²) in [5.41, 5.74) is 13.9. The molecule has 4 N–H and O–H groups in total. The number of amides is 1. The summed E-state index contributed by atoms with van der Waals surface area (Å²) in [7, 11) is 1.92. The molecular formula is C18H22N4O. The Morgan fingerprint density at radius 1 is 1.04 bits per heavy atom. The quantitative estimate of drug-likeness (QED) is 0.630. The number of primary amides is 1. The van der Waals surface area contributed by atoms with E-state index in [0.29, 0.717) is 18.1 Å². The normalized spacial score (nSPS) is 11.3. The van der Waals surface area contributed by atoms with Crippen molar-refractivity contribution in [3.05, 3.63) is 71.3 Å². The van der Waals surface area contributed by atoms with Gasteiger partial charge >= 0.3 is 0 Å². The van der Waals surface area contributed by atoms with E-state index in [-0.39, 0.29) is 0 Å². The molecule has 5 heteroatoms. The predicted molar refractivity (Wildman–Crippen MR) is 93.1 cm³/mol. The van der Waals surface area contributed by atoms with Crippen LogP contribution in [0.4, 0.5) is 0 Å². The number of likely N-dealkylation sites (N-methyl/N-ethyl adjacent to an activating group) is 1. The third-order valence-corrected chi connectivity index (χ3v) is 3.60. The molecule has 0 unspecified atom stereocenters. The second-order valence-corrected chi connectivity index (χ2v) is 5.40. The van der Waals surface area contributed by atoms with Crippen LogP contribution in [0, 0.1) is 0 Å². The molecule has 0 radical (unpaired) electrons. The Labute approximate surface area is 136 Å². The predicted octanol–water partition coefficient (Wildman–Crippen LogP) is 1.77. The van der Waals surface area contributed by atoms with Crippen molar-refractivity contribution >= 4 is 11.9 Å². The lowest BCUT2D eigenvalue weighted by atomic mass is 10.1. The number of nitrogens with two attached hydrogens (primary N) is 2. The van der Waals surface area contributed by atoms with E-state index < -0.39 is 5.91 Å². The molecule has 0 aliphatic heterocycles. The first-order valence-corrected chi connectivity index (χ1v) is 7.50. The Morgan fingerprint density at radius 2 is 1.74 bits per heavy atom. The molecule has 0 aliphatic rings. The van der Waals surface area contributed by atoms with Crippen molar-refractivity contribution in [1.82, 2.24) is 4.90 Å². The van der Waals surface area contributed by atoms with Crippen molar-refractivity contribution in [3.63, 3.8) is 0 Å². The van der Waals surface area contributed by atoms with Gasteiger partial charge < -0.3 is 16.4 Å². The van der Waals surface area contributed by atoms with Crippen LogP contribution in [0.1, 0.15) is 21.5 Å². The number of hydrogen-bond acceptors (Lipinski definition) is 2. The molecule has 120 valence electrons. The van der Waals surface area contributed by atoms with Gasteiger partial charge in [-0.1, -0.05) is 42.5 Å². The Morgan fingerprint density at radius 3 is 2.43 bits per heavy atom. The summed E-state index contributed by atoms with van der Waals surface area (Å²) in [5, 5.41) is 0. The van der Waals surface area contributed by atoms with Crippen molar-refractivity contribution in [2.45, 2.75) is 13.0 Å². The van der Waals surface area contributed by atoms with Crippen LogP contribution >= 0.6 is 0 Å². The van der Waals surface area contributed by atoms with E-state index in [0.717, 1.165) is 18.5 Å². The SMILES string of the molecule is CN(CCc1ccccc1)C(N)=NCc1cccc(C(N)=O)c1. The van der Waals surface area contributed by atoms with Gasteiger partial charge in [0, 0.05) is 19.2 Å². The van der Waals surface area contributed by atoms with E-state index in [4.69, 9.17) is 11.5 Å². The Balaban J connectivity index is 1.91. The summed E-state index contributed by atoms with van der Waals surface area (Å²) in [6.45, 7) is 1.21. The highest BCUT2D eigenvalue weighted by molar-refractivity contribution is 5.92. The number of aliphatic imine (C=N–C) groups is 1. The number of carbonyl (C=O) groups excluding carboxylic acids is 1. The van der Waals surface area contributed by atoms with Crippen molar-refractivity contribution < 1.29 is 4.79 Å². The number of carbonyl (C=O) groups is 1. The van der Waals surface area contributed by atoms with Crippen molar-refractivity contribution in [2.75, 3.05) is 13.6 Å². The third kappa shape index (κ3) is 5.14. The van der Waals surface area contributed by atoms with E-state index in [1.54, 1.807) is 18.2 Å². The zero-order valence-corrected chi connectivity index (χ0v) is 13.3. The lowest BCUT2D eigenvalue weighted by Crippen LogP contribution is -2.35. The first-order valence-electron chi connectivity index (χ1n) is 7.50. The summed E-state index contributed by atoms with van der Waals surface area (Å²) < 4.78 is 0. The van der Waals surface area contributed by atoms with Gasteiger partial charge in [0.05, 0.1) is 6.54 Å². The molecule has 0 aromatic heterocycles. The highest BCUT2D eigenvalue weighted by Crippen LogP contribution is 2.06. The van der Waals surface area contributed by atoms with Crippen LogP contribution in [0.5, 0.6) is 0 Å². The molecule has 2 aromatic rings. The second kappa shape index (κ2) is 7.98. The van der Waals surface area contributed by atoms with E-state index in [2.05, 4.69) is 17.1 Å². The summed E-state index contributed by atoms with van der Waals surface area (Å²) in [5.74, 6) is 0.0363. The number of nitrogens with zero attached hydrogens (tertiary/aromatic N) is 2. The van der Waals surface area contributed by atoms with Crippen molar-refractivity contribution in [2.24, 2.45) is 16.5 Å². The van der Waals surface area contributed by atoms with E-state index in [1.165, 1.54) is 5.56 Å². The molecule has 0 fully saturated rings. The van der Waals surface area contributed by atoms with Gasteiger partial charge in [-0.25, -0.2) is 4.99 Å². The van der Waals surface area contributed by atoms with E-state index >= 15 is 0 Å². The Kier molecular flexibility index (Phi) is 5.74. The molecule has 0 spiro atoms. The molecular weight excluding hydrogens is 288 g/mol. The monoisotopic (exact) mass is 310 g/mol. The summed E-state index contributed by atoms with van der Waals surface area (Å²) in [4.78, 5) is 17.5. The van der Waals surface area contributed by atoms with E-state index in [9.17, 15) is 4.79 Å². The topological polar surface area (TPSA) is 84.7 Å². The molecule has 2 rings (SSSR count). The minimum absolute atomic E-state index is 0.419. The van der Waals surface area contributed by atoms with Crippen LogP contribution in [0.15, 0.2) is 59.6 Å². The minimum Gasteiger partial charge on any atom is -0.370 e. The summed E-state index contributed by atoms with van der Waals surface area (Å²) in [6.07, 6.45) is 0.907. The number of hydrogen-bond donors (Lipinski definition) is 2. The van der Waals surface area contributed by atoms with Crippen molar-refractivity contribution in [1.29, 1.82) is 0 Å². The maximum Gasteiger partial charge on any atom is 0.248 e. The van der Waals surface area contributed by atoms with Crippen LogP contribution in [0.2, 0.25) is 0 Å². The third-order valence-electron chi connectivity index (χ3n) is 3.60. The first kappa shape index (κ1) is 16.5. The molecule has 23 heavy (non-hydrogen) atoms. The minimum atomic E-state index is -0.441. The van der Waals surface area contributed by atoms with Crippen LogP contribution in [0.3, 0.4) is 0 Å².